The molecule has 0 aliphatic heterocycles. The van der Waals surface area contributed by atoms with Crippen LogP contribution < -0.4 is 4.72 Å². The van der Waals surface area contributed by atoms with Crippen molar-refractivity contribution in [3.63, 3.8) is 0 Å². The van der Waals surface area contributed by atoms with Gasteiger partial charge in [-0.05, 0) is 33.3 Å². The summed E-state index contributed by atoms with van der Waals surface area (Å²) in [5, 5.41) is 10.2. The zero-order chi connectivity index (χ0) is 12.5. The van der Waals surface area contributed by atoms with Gasteiger partial charge in [-0.25, -0.2) is 13.1 Å². The van der Waals surface area contributed by atoms with Crippen LogP contribution in [0.2, 0.25) is 0 Å². The first-order chi connectivity index (χ1) is 7.97. The van der Waals surface area contributed by atoms with Gasteiger partial charge in [-0.2, -0.15) is 4.80 Å². The molecule has 7 nitrogen and oxygen atoms in total. The molecule has 0 aliphatic rings. The molecule has 92 valence electrons. The van der Waals surface area contributed by atoms with Crippen LogP contribution in [0.15, 0.2) is 21.1 Å². The number of tetrazole rings is 1. The molecular weight excluding hydrogens is 330 g/mol. The second-order valence-corrected chi connectivity index (χ2v) is 7.30. The number of hydrogen-bond acceptors (Lipinski definition) is 6. The van der Waals surface area contributed by atoms with Gasteiger partial charge in [0.15, 0.2) is 0 Å². The van der Waals surface area contributed by atoms with E-state index in [2.05, 4.69) is 36.1 Å². The van der Waals surface area contributed by atoms with Gasteiger partial charge in [-0.3, -0.25) is 0 Å². The molecule has 0 bridgehead atoms. The number of sulfonamides is 1. The van der Waals surface area contributed by atoms with E-state index in [0.29, 0.717) is 0 Å². The van der Waals surface area contributed by atoms with Crippen molar-refractivity contribution in [3.05, 3.63) is 20.8 Å². The van der Waals surface area contributed by atoms with Gasteiger partial charge in [0.25, 0.3) is 10.0 Å². The first kappa shape index (κ1) is 12.6. The number of aryl methyl sites for hydroxylation is 1. The summed E-state index contributed by atoms with van der Waals surface area (Å²) >= 11 is 4.76. The Morgan fingerprint density at radius 2 is 2.29 bits per heavy atom. The predicted octanol–water partition coefficient (Wildman–Crippen LogP) is 0.513. The highest BCUT2D eigenvalue weighted by molar-refractivity contribution is 9.11. The number of rotatable bonds is 4. The van der Waals surface area contributed by atoms with Crippen LogP contribution in [0.4, 0.5) is 0 Å². The Hall–Kier alpha value is -0.840. The Morgan fingerprint density at radius 3 is 2.82 bits per heavy atom. The molecule has 0 radical (unpaired) electrons. The quantitative estimate of drug-likeness (QED) is 0.877. The standard InChI is InChI=1S/C7H8BrN5O2S2/c1-13-11-7(10-12-13)17(14,15)9-4-5-2-3-6(8)16-5/h2-3,9H,4H2,1H3. The summed E-state index contributed by atoms with van der Waals surface area (Å²) in [5.74, 6) is 0. The van der Waals surface area contributed by atoms with Gasteiger partial charge in [0.05, 0.1) is 10.8 Å². The van der Waals surface area contributed by atoms with Crippen molar-refractivity contribution >= 4 is 37.3 Å². The fourth-order valence-corrected chi connectivity index (χ4v) is 3.41. The minimum atomic E-state index is -3.69. The van der Waals surface area contributed by atoms with Crippen LogP contribution in [0.25, 0.3) is 0 Å². The lowest BCUT2D eigenvalue weighted by molar-refractivity contribution is 0.569. The summed E-state index contributed by atoms with van der Waals surface area (Å²) in [6.45, 7) is 0.205. The van der Waals surface area contributed by atoms with Crippen molar-refractivity contribution < 1.29 is 8.42 Å². The monoisotopic (exact) mass is 337 g/mol. The fraction of sp³-hybridized carbons (Fsp3) is 0.286. The van der Waals surface area contributed by atoms with E-state index in [1.165, 1.54) is 18.4 Å². The lowest BCUT2D eigenvalue weighted by Gasteiger charge is -2.00. The number of hydrogen-bond donors (Lipinski definition) is 1. The average molecular weight is 338 g/mol. The maximum absolute atomic E-state index is 11.7. The van der Waals surface area contributed by atoms with Crippen LogP contribution in [0, 0.1) is 0 Å². The van der Waals surface area contributed by atoms with Crippen molar-refractivity contribution in [3.8, 4) is 0 Å². The van der Waals surface area contributed by atoms with Crippen molar-refractivity contribution in [1.29, 1.82) is 0 Å². The van der Waals surface area contributed by atoms with E-state index in [-0.39, 0.29) is 11.7 Å². The third-order valence-electron chi connectivity index (χ3n) is 1.80. The fourth-order valence-electron chi connectivity index (χ4n) is 1.05. The largest absolute Gasteiger partial charge is 0.303 e. The molecule has 1 N–H and O–H groups in total. The summed E-state index contributed by atoms with van der Waals surface area (Å²) in [4.78, 5) is 1.99. The van der Waals surface area contributed by atoms with Gasteiger partial charge in [-0.15, -0.1) is 16.4 Å². The van der Waals surface area contributed by atoms with Gasteiger partial charge in [0.2, 0.25) is 0 Å². The normalized spacial score (nSPS) is 11.9. The summed E-state index contributed by atoms with van der Waals surface area (Å²) in [6, 6.07) is 3.69. The van der Waals surface area contributed by atoms with Gasteiger partial charge < -0.3 is 0 Å². The Labute approximate surface area is 110 Å². The second kappa shape index (κ2) is 4.80. The van der Waals surface area contributed by atoms with Crippen molar-refractivity contribution in [2.24, 2.45) is 7.05 Å². The highest BCUT2D eigenvalue weighted by Crippen LogP contribution is 2.22. The van der Waals surface area contributed by atoms with E-state index >= 15 is 0 Å². The molecule has 0 aromatic carbocycles. The zero-order valence-corrected chi connectivity index (χ0v) is 11.9. The first-order valence-electron chi connectivity index (χ1n) is 4.45. The topological polar surface area (TPSA) is 89.8 Å². The Balaban J connectivity index is 2.08. The van der Waals surface area contributed by atoms with Crippen LogP contribution in [0.1, 0.15) is 4.88 Å². The number of halogens is 1. The van der Waals surface area contributed by atoms with E-state index in [9.17, 15) is 8.42 Å². The van der Waals surface area contributed by atoms with Gasteiger partial charge >= 0.3 is 5.16 Å². The number of nitrogens with zero attached hydrogens (tertiary/aromatic N) is 4. The third kappa shape index (κ3) is 3.09. The highest BCUT2D eigenvalue weighted by Gasteiger charge is 2.19. The first-order valence-corrected chi connectivity index (χ1v) is 7.54. The molecule has 17 heavy (non-hydrogen) atoms. The minimum Gasteiger partial charge on any atom is -0.204 e. The lowest BCUT2D eigenvalue weighted by Crippen LogP contribution is -2.24. The summed E-state index contributed by atoms with van der Waals surface area (Å²) in [7, 11) is -2.19. The average Bonchev–Trinajstić information content (AvgIpc) is 2.85. The maximum Gasteiger partial charge on any atom is 0.303 e. The SMILES string of the molecule is Cn1nnc(S(=O)(=O)NCc2ccc(Br)s2)n1. The molecule has 10 heteroatoms. The van der Waals surface area contributed by atoms with E-state index in [0.717, 1.165) is 13.5 Å². The molecule has 0 amide bonds. The molecule has 0 fully saturated rings. The Bertz CT molecular complexity index is 620. The summed E-state index contributed by atoms with van der Waals surface area (Å²) in [5.41, 5.74) is 0. The van der Waals surface area contributed by atoms with Gasteiger partial charge in [-0.1, -0.05) is 5.10 Å². The molecule has 0 saturated carbocycles. The molecule has 2 aromatic heterocycles. The van der Waals surface area contributed by atoms with E-state index in [1.807, 2.05) is 12.1 Å². The third-order valence-corrected chi connectivity index (χ3v) is 4.59. The van der Waals surface area contributed by atoms with E-state index in [1.54, 1.807) is 0 Å². The van der Waals surface area contributed by atoms with Gasteiger partial charge in [0.1, 0.15) is 0 Å². The molecule has 0 unspecified atom stereocenters. The van der Waals surface area contributed by atoms with E-state index in [4.69, 9.17) is 0 Å². The Kier molecular flexibility index (Phi) is 3.56. The molecule has 2 aromatic rings. The lowest BCUT2D eigenvalue weighted by atomic mass is 10.5. The Morgan fingerprint density at radius 1 is 1.53 bits per heavy atom. The number of nitrogens with one attached hydrogen (secondary N) is 1. The second-order valence-electron chi connectivity index (χ2n) is 3.09. The molecule has 0 aliphatic carbocycles. The van der Waals surface area contributed by atoms with Crippen LogP contribution >= 0.6 is 27.3 Å². The van der Waals surface area contributed by atoms with Crippen molar-refractivity contribution in [2.45, 2.75) is 11.7 Å². The molecular formula is C7H8BrN5O2S2. The zero-order valence-electron chi connectivity index (χ0n) is 8.66. The molecule has 0 atom stereocenters. The number of aromatic nitrogens is 4. The minimum absolute atomic E-state index is 0.205. The molecule has 0 spiro atoms. The van der Waals surface area contributed by atoms with E-state index < -0.39 is 10.0 Å². The molecule has 2 rings (SSSR count). The van der Waals surface area contributed by atoms with Crippen LogP contribution in [0.3, 0.4) is 0 Å². The van der Waals surface area contributed by atoms with Crippen LogP contribution in [0.5, 0.6) is 0 Å². The molecule has 2 heterocycles. The van der Waals surface area contributed by atoms with Crippen molar-refractivity contribution in [1.82, 2.24) is 24.9 Å². The molecule has 0 saturated heterocycles. The van der Waals surface area contributed by atoms with Crippen molar-refractivity contribution in [2.75, 3.05) is 0 Å². The van der Waals surface area contributed by atoms with Gasteiger partial charge in [0, 0.05) is 11.4 Å². The van der Waals surface area contributed by atoms with Crippen LogP contribution in [-0.4, -0.2) is 28.6 Å². The summed E-state index contributed by atoms with van der Waals surface area (Å²) in [6.07, 6.45) is 0. The van der Waals surface area contributed by atoms with Crippen LogP contribution in [-0.2, 0) is 23.6 Å². The smallest absolute Gasteiger partial charge is 0.204 e. The summed E-state index contributed by atoms with van der Waals surface area (Å²) < 4.78 is 26.8. The predicted molar refractivity (Wildman–Crippen MR) is 64.8 cm³/mol. The maximum atomic E-state index is 11.7. The number of thiophene rings is 1. The highest BCUT2D eigenvalue weighted by atomic mass is 79.9.